The van der Waals surface area contributed by atoms with Gasteiger partial charge in [0.2, 0.25) is 0 Å². The van der Waals surface area contributed by atoms with E-state index in [-0.39, 0.29) is 17.8 Å². The van der Waals surface area contributed by atoms with Crippen LogP contribution in [-0.2, 0) is 11.2 Å². The normalized spacial score (nSPS) is 13.2. The summed E-state index contributed by atoms with van der Waals surface area (Å²) in [5.74, 6) is -0.959. The van der Waals surface area contributed by atoms with Gasteiger partial charge < -0.3 is 9.84 Å². The van der Waals surface area contributed by atoms with E-state index in [1.807, 2.05) is 0 Å². The third-order valence-electron chi connectivity index (χ3n) is 3.72. The maximum Gasteiger partial charge on any atom is 0.332 e. The largest absolute Gasteiger partial charge is 0.495 e. The molecule has 0 amide bonds. The maximum absolute atomic E-state index is 13.4. The fourth-order valence-electron chi connectivity index (χ4n) is 2.75. The van der Waals surface area contributed by atoms with Crippen LogP contribution in [0, 0.1) is 5.82 Å². The van der Waals surface area contributed by atoms with Gasteiger partial charge in [-0.15, -0.1) is 0 Å². The molecule has 3 rings (SSSR count). The van der Waals surface area contributed by atoms with Crippen molar-refractivity contribution in [3.63, 3.8) is 0 Å². The van der Waals surface area contributed by atoms with Crippen molar-refractivity contribution in [3.8, 4) is 5.75 Å². The molecular formula is C17H12ClFO3. The minimum Gasteiger partial charge on any atom is -0.495 e. The lowest BCUT2D eigenvalue weighted by Gasteiger charge is -2.12. The summed E-state index contributed by atoms with van der Waals surface area (Å²) in [6, 6.07) is 9.45. The molecule has 2 aromatic carbocycles. The van der Waals surface area contributed by atoms with Crippen LogP contribution in [0.2, 0.25) is 5.02 Å². The Hall–Kier alpha value is -2.33. The molecule has 0 saturated heterocycles. The lowest BCUT2D eigenvalue weighted by atomic mass is 9.97. The van der Waals surface area contributed by atoms with Crippen LogP contribution in [0.4, 0.5) is 4.39 Å². The molecule has 0 aliphatic heterocycles. The molecule has 112 valence electrons. The van der Waals surface area contributed by atoms with E-state index in [9.17, 15) is 14.3 Å². The van der Waals surface area contributed by atoms with Crippen LogP contribution in [-0.4, -0.2) is 18.2 Å². The molecule has 0 bridgehead atoms. The minimum absolute atomic E-state index is 0.172. The zero-order valence-corrected chi connectivity index (χ0v) is 12.4. The molecule has 2 aromatic rings. The Morgan fingerprint density at radius 2 is 2.05 bits per heavy atom. The number of fused-ring (bicyclic) bond motifs is 1. The molecule has 0 atom stereocenters. The number of aliphatic carboxylic acids is 1. The molecule has 5 heteroatoms. The van der Waals surface area contributed by atoms with Crippen LogP contribution in [0.5, 0.6) is 5.75 Å². The summed E-state index contributed by atoms with van der Waals surface area (Å²) in [5.41, 5.74) is 2.63. The summed E-state index contributed by atoms with van der Waals surface area (Å²) in [4.78, 5) is 11.6. The molecule has 0 aromatic heterocycles. The van der Waals surface area contributed by atoms with Gasteiger partial charge in [0.05, 0.1) is 12.1 Å². The molecule has 1 aliphatic rings. The molecule has 0 heterocycles. The summed E-state index contributed by atoms with van der Waals surface area (Å²) in [6.07, 6.45) is 0.172. The second kappa shape index (κ2) is 5.46. The van der Waals surface area contributed by atoms with Crippen LogP contribution in [0.15, 0.2) is 42.0 Å². The fraction of sp³-hybridized carbons (Fsp3) is 0.118. The highest BCUT2D eigenvalue weighted by Crippen LogP contribution is 2.42. The predicted octanol–water partition coefficient (Wildman–Crippen LogP) is 3.93. The summed E-state index contributed by atoms with van der Waals surface area (Å²) < 4.78 is 18.6. The van der Waals surface area contributed by atoms with E-state index in [0.717, 1.165) is 0 Å². The SMILES string of the molecule is COc1cccc(C2=C(C(=O)O)Cc3cc(F)ccc32)c1Cl. The Balaban J connectivity index is 2.27. The second-order valence-corrected chi connectivity index (χ2v) is 5.34. The van der Waals surface area contributed by atoms with E-state index < -0.39 is 5.97 Å². The monoisotopic (exact) mass is 318 g/mol. The number of carboxylic acid groups (broad SMARTS) is 1. The average molecular weight is 319 g/mol. The van der Waals surface area contributed by atoms with E-state index in [1.54, 1.807) is 24.3 Å². The van der Waals surface area contributed by atoms with Crippen LogP contribution in [0.25, 0.3) is 5.57 Å². The van der Waals surface area contributed by atoms with Crippen molar-refractivity contribution in [2.45, 2.75) is 6.42 Å². The zero-order valence-electron chi connectivity index (χ0n) is 11.7. The van der Waals surface area contributed by atoms with Crippen molar-refractivity contribution in [1.82, 2.24) is 0 Å². The first-order valence-corrected chi connectivity index (χ1v) is 6.99. The standard InChI is InChI=1S/C17H12ClFO3/c1-22-14-4-2-3-12(16(14)18)15-11-6-5-10(19)7-9(11)8-13(15)17(20)21/h2-7H,8H2,1H3,(H,20,21). The molecule has 3 nitrogen and oxygen atoms in total. The van der Waals surface area contributed by atoms with Gasteiger partial charge in [-0.2, -0.15) is 0 Å². The van der Waals surface area contributed by atoms with E-state index >= 15 is 0 Å². The van der Waals surface area contributed by atoms with E-state index in [1.165, 1.54) is 19.2 Å². The van der Waals surface area contributed by atoms with Crippen molar-refractivity contribution < 1.29 is 19.0 Å². The van der Waals surface area contributed by atoms with Gasteiger partial charge in [0, 0.05) is 23.1 Å². The molecule has 0 saturated carbocycles. The Bertz CT molecular complexity index is 812. The molecule has 0 unspecified atom stereocenters. The van der Waals surface area contributed by atoms with Crippen molar-refractivity contribution in [2.24, 2.45) is 0 Å². The quantitative estimate of drug-likeness (QED) is 0.932. The van der Waals surface area contributed by atoms with E-state index in [0.29, 0.717) is 33.0 Å². The topological polar surface area (TPSA) is 46.5 Å². The lowest BCUT2D eigenvalue weighted by Crippen LogP contribution is -2.02. The smallest absolute Gasteiger partial charge is 0.332 e. The first-order chi connectivity index (χ1) is 10.5. The number of ether oxygens (including phenoxy) is 1. The highest BCUT2D eigenvalue weighted by atomic mass is 35.5. The van der Waals surface area contributed by atoms with Gasteiger partial charge in [-0.05, 0) is 29.3 Å². The highest BCUT2D eigenvalue weighted by Gasteiger charge is 2.29. The highest BCUT2D eigenvalue weighted by molar-refractivity contribution is 6.34. The summed E-state index contributed by atoms with van der Waals surface area (Å²) in [7, 11) is 1.50. The number of halogens is 2. The van der Waals surface area contributed by atoms with Crippen molar-refractivity contribution >= 4 is 23.1 Å². The Labute approximate surface area is 131 Å². The third kappa shape index (κ3) is 2.25. The van der Waals surface area contributed by atoms with Crippen molar-refractivity contribution in [2.75, 3.05) is 7.11 Å². The van der Waals surface area contributed by atoms with E-state index in [4.69, 9.17) is 16.3 Å². The molecule has 0 radical (unpaired) electrons. The molecule has 22 heavy (non-hydrogen) atoms. The number of hydrogen-bond acceptors (Lipinski definition) is 2. The maximum atomic E-state index is 13.4. The summed E-state index contributed by atoms with van der Waals surface area (Å²) in [6.45, 7) is 0. The molecule has 1 aliphatic carbocycles. The summed E-state index contributed by atoms with van der Waals surface area (Å²) >= 11 is 6.33. The molecule has 0 spiro atoms. The fourth-order valence-corrected chi connectivity index (χ4v) is 3.04. The number of benzene rings is 2. The van der Waals surface area contributed by atoms with Gasteiger partial charge in [0.1, 0.15) is 11.6 Å². The van der Waals surface area contributed by atoms with Crippen LogP contribution in [0.1, 0.15) is 16.7 Å². The number of methoxy groups -OCH3 is 1. The third-order valence-corrected chi connectivity index (χ3v) is 4.11. The Morgan fingerprint density at radius 1 is 1.27 bits per heavy atom. The second-order valence-electron chi connectivity index (χ2n) is 4.96. The number of hydrogen-bond donors (Lipinski definition) is 1. The van der Waals surface area contributed by atoms with Crippen molar-refractivity contribution in [3.05, 3.63) is 69.5 Å². The van der Waals surface area contributed by atoms with Gasteiger partial charge in [-0.1, -0.05) is 29.8 Å². The first-order valence-electron chi connectivity index (χ1n) is 6.61. The van der Waals surface area contributed by atoms with Crippen LogP contribution in [0.3, 0.4) is 0 Å². The predicted molar refractivity (Wildman–Crippen MR) is 81.8 cm³/mol. The first kappa shape index (κ1) is 14.6. The Kier molecular flexibility index (Phi) is 3.62. The van der Waals surface area contributed by atoms with Crippen LogP contribution < -0.4 is 4.74 Å². The van der Waals surface area contributed by atoms with Gasteiger partial charge in [0.25, 0.3) is 0 Å². The number of rotatable bonds is 3. The zero-order chi connectivity index (χ0) is 15.9. The van der Waals surface area contributed by atoms with Gasteiger partial charge in [-0.25, -0.2) is 9.18 Å². The lowest BCUT2D eigenvalue weighted by molar-refractivity contribution is -0.132. The van der Waals surface area contributed by atoms with Crippen LogP contribution >= 0.6 is 11.6 Å². The molecular weight excluding hydrogens is 307 g/mol. The van der Waals surface area contributed by atoms with Crippen molar-refractivity contribution in [1.29, 1.82) is 0 Å². The Morgan fingerprint density at radius 3 is 2.73 bits per heavy atom. The summed E-state index contributed by atoms with van der Waals surface area (Å²) in [5, 5.41) is 9.82. The van der Waals surface area contributed by atoms with Gasteiger partial charge in [-0.3, -0.25) is 0 Å². The van der Waals surface area contributed by atoms with E-state index in [2.05, 4.69) is 0 Å². The van der Waals surface area contributed by atoms with Gasteiger partial charge in [0.15, 0.2) is 0 Å². The minimum atomic E-state index is -1.04. The molecule has 0 fully saturated rings. The average Bonchev–Trinajstić information content (AvgIpc) is 2.86. The number of carboxylic acids is 1. The molecule has 1 N–H and O–H groups in total. The van der Waals surface area contributed by atoms with Gasteiger partial charge >= 0.3 is 5.97 Å². The number of carbonyl (C=O) groups is 1.